The van der Waals surface area contributed by atoms with E-state index in [9.17, 15) is 4.79 Å². The number of hydrogen-bond donors (Lipinski definition) is 1. The van der Waals surface area contributed by atoms with E-state index >= 15 is 0 Å². The molecule has 1 amide bonds. The zero-order valence-electron chi connectivity index (χ0n) is 12.8. The molecule has 0 atom stereocenters. The van der Waals surface area contributed by atoms with Gasteiger partial charge < -0.3 is 9.73 Å². The maximum absolute atomic E-state index is 12.0. The molecule has 0 unspecified atom stereocenters. The summed E-state index contributed by atoms with van der Waals surface area (Å²) in [7, 11) is 0. The van der Waals surface area contributed by atoms with Crippen molar-refractivity contribution >= 4 is 34.8 Å². The predicted octanol–water partition coefficient (Wildman–Crippen LogP) is 3.62. The monoisotopic (exact) mass is 305 g/mol. The van der Waals surface area contributed by atoms with Crippen LogP contribution in [0.1, 0.15) is 30.9 Å². The summed E-state index contributed by atoms with van der Waals surface area (Å²) in [4.78, 5) is 20.5. The van der Waals surface area contributed by atoms with Crippen molar-refractivity contribution in [2.45, 2.75) is 19.3 Å². The molecule has 0 bridgehead atoms. The van der Waals surface area contributed by atoms with E-state index in [1.54, 1.807) is 12.4 Å². The minimum absolute atomic E-state index is 0.00189. The lowest BCUT2D eigenvalue weighted by atomic mass is 9.86. The van der Waals surface area contributed by atoms with E-state index in [1.807, 2.05) is 50.3 Å². The third-order valence-electron chi connectivity index (χ3n) is 4.16. The number of rotatable bonds is 2. The Labute approximate surface area is 133 Å². The van der Waals surface area contributed by atoms with Gasteiger partial charge in [0.25, 0.3) is 0 Å². The zero-order valence-corrected chi connectivity index (χ0v) is 12.8. The molecule has 0 radical (unpaired) electrons. The number of amides is 1. The average molecular weight is 305 g/mol. The van der Waals surface area contributed by atoms with Crippen LogP contribution in [0.2, 0.25) is 0 Å². The van der Waals surface area contributed by atoms with Crippen molar-refractivity contribution in [3.8, 4) is 0 Å². The molecule has 3 heterocycles. The maximum atomic E-state index is 12.0. The Morgan fingerprint density at radius 1 is 1.17 bits per heavy atom. The van der Waals surface area contributed by atoms with E-state index < -0.39 is 5.41 Å². The van der Waals surface area contributed by atoms with Gasteiger partial charge in [-0.25, -0.2) is 4.98 Å². The number of carbonyl (C=O) groups is 1. The highest BCUT2D eigenvalue weighted by Gasteiger charge is 2.38. The number of oxazole rings is 1. The fourth-order valence-electron chi connectivity index (χ4n) is 2.73. The second kappa shape index (κ2) is 4.78. The Kier molecular flexibility index (Phi) is 2.84. The molecule has 0 fully saturated rings. The van der Waals surface area contributed by atoms with Crippen LogP contribution in [0, 0.1) is 0 Å². The van der Waals surface area contributed by atoms with Crippen LogP contribution in [-0.2, 0) is 10.2 Å². The minimum atomic E-state index is -0.546. The first-order valence-corrected chi connectivity index (χ1v) is 7.39. The van der Waals surface area contributed by atoms with Crippen LogP contribution >= 0.6 is 0 Å². The highest BCUT2D eigenvalue weighted by Crippen LogP contribution is 2.39. The fraction of sp³-hybridized carbons (Fsp3) is 0.167. The van der Waals surface area contributed by atoms with Crippen LogP contribution in [-0.4, -0.2) is 15.9 Å². The van der Waals surface area contributed by atoms with E-state index in [1.165, 1.54) is 0 Å². The number of benzene rings is 1. The van der Waals surface area contributed by atoms with Crippen molar-refractivity contribution in [2.24, 2.45) is 0 Å². The van der Waals surface area contributed by atoms with Crippen molar-refractivity contribution in [1.82, 2.24) is 9.97 Å². The molecular formula is C18H15N3O2. The van der Waals surface area contributed by atoms with Gasteiger partial charge in [-0.3, -0.25) is 9.78 Å². The topological polar surface area (TPSA) is 68.0 Å². The highest BCUT2D eigenvalue weighted by atomic mass is 16.3. The molecule has 5 nitrogen and oxygen atoms in total. The molecule has 0 spiro atoms. The van der Waals surface area contributed by atoms with Gasteiger partial charge in [-0.15, -0.1) is 0 Å². The Hall–Kier alpha value is -2.95. The summed E-state index contributed by atoms with van der Waals surface area (Å²) in [6.45, 7) is 3.81. The first-order valence-electron chi connectivity index (χ1n) is 7.39. The fourth-order valence-corrected chi connectivity index (χ4v) is 2.73. The molecule has 23 heavy (non-hydrogen) atoms. The van der Waals surface area contributed by atoms with Crippen LogP contribution < -0.4 is 5.32 Å². The van der Waals surface area contributed by atoms with Gasteiger partial charge in [-0.2, -0.15) is 0 Å². The standard InChI is InChI=1S/C18H15N3O2/c1-18(2)12-9-14-15(10-13(12)21-17(18)22)23-16(20-14)4-3-11-5-7-19-8-6-11/h3-10H,1-2H3,(H,21,22). The average Bonchev–Trinajstić information content (AvgIpc) is 3.03. The van der Waals surface area contributed by atoms with Crippen LogP contribution in [0.5, 0.6) is 0 Å². The summed E-state index contributed by atoms with van der Waals surface area (Å²) in [6, 6.07) is 7.58. The molecule has 0 saturated carbocycles. The van der Waals surface area contributed by atoms with Crippen molar-refractivity contribution in [3.05, 3.63) is 53.7 Å². The van der Waals surface area contributed by atoms with Gasteiger partial charge in [0.15, 0.2) is 5.58 Å². The predicted molar refractivity (Wildman–Crippen MR) is 88.8 cm³/mol. The minimum Gasteiger partial charge on any atom is -0.437 e. The van der Waals surface area contributed by atoms with Gasteiger partial charge in [-0.05, 0) is 49.2 Å². The Morgan fingerprint density at radius 3 is 2.74 bits per heavy atom. The summed E-state index contributed by atoms with van der Waals surface area (Å²) < 4.78 is 5.75. The molecule has 2 aromatic heterocycles. The number of pyridine rings is 1. The summed E-state index contributed by atoms with van der Waals surface area (Å²) in [5, 5.41) is 2.90. The zero-order chi connectivity index (χ0) is 16.0. The number of nitrogens with zero attached hydrogens (tertiary/aromatic N) is 2. The molecule has 1 aliphatic rings. The number of aromatic nitrogens is 2. The number of anilines is 1. The molecule has 4 rings (SSSR count). The molecule has 0 saturated heterocycles. The molecule has 0 aliphatic carbocycles. The van der Waals surface area contributed by atoms with Gasteiger partial charge in [0.05, 0.1) is 5.41 Å². The summed E-state index contributed by atoms with van der Waals surface area (Å²) in [5.41, 5.74) is 3.65. The van der Waals surface area contributed by atoms with Crippen LogP contribution in [0.4, 0.5) is 5.69 Å². The van der Waals surface area contributed by atoms with Gasteiger partial charge in [0.2, 0.25) is 11.8 Å². The van der Waals surface area contributed by atoms with Gasteiger partial charge in [0, 0.05) is 30.2 Å². The van der Waals surface area contributed by atoms with Gasteiger partial charge >= 0.3 is 0 Å². The van der Waals surface area contributed by atoms with Crippen LogP contribution in [0.3, 0.4) is 0 Å². The van der Waals surface area contributed by atoms with Crippen molar-refractivity contribution < 1.29 is 9.21 Å². The van der Waals surface area contributed by atoms with E-state index in [2.05, 4.69) is 15.3 Å². The maximum Gasteiger partial charge on any atom is 0.234 e. The summed E-state index contributed by atoms with van der Waals surface area (Å²) in [5.74, 6) is 0.530. The number of fused-ring (bicyclic) bond motifs is 2. The smallest absolute Gasteiger partial charge is 0.234 e. The molecule has 1 N–H and O–H groups in total. The Morgan fingerprint density at radius 2 is 1.96 bits per heavy atom. The quantitative estimate of drug-likeness (QED) is 0.785. The number of hydrogen-bond acceptors (Lipinski definition) is 4. The second-order valence-electron chi connectivity index (χ2n) is 6.11. The molecule has 1 aromatic carbocycles. The molecule has 5 heteroatoms. The number of carbonyl (C=O) groups excluding carboxylic acids is 1. The lowest BCUT2D eigenvalue weighted by molar-refractivity contribution is -0.119. The normalized spacial score (nSPS) is 16.0. The van der Waals surface area contributed by atoms with E-state index in [4.69, 9.17) is 4.42 Å². The lowest BCUT2D eigenvalue weighted by Crippen LogP contribution is -2.26. The van der Waals surface area contributed by atoms with Crippen LogP contribution in [0.25, 0.3) is 23.3 Å². The van der Waals surface area contributed by atoms with Crippen molar-refractivity contribution in [3.63, 3.8) is 0 Å². The van der Waals surface area contributed by atoms with E-state index in [0.29, 0.717) is 11.5 Å². The molecule has 114 valence electrons. The summed E-state index contributed by atoms with van der Waals surface area (Å²) in [6.07, 6.45) is 7.22. The van der Waals surface area contributed by atoms with Gasteiger partial charge in [0.1, 0.15) is 5.52 Å². The third-order valence-corrected chi connectivity index (χ3v) is 4.16. The van der Waals surface area contributed by atoms with Gasteiger partial charge in [-0.1, -0.05) is 0 Å². The van der Waals surface area contributed by atoms with E-state index in [-0.39, 0.29) is 5.91 Å². The van der Waals surface area contributed by atoms with Crippen molar-refractivity contribution in [1.29, 1.82) is 0 Å². The van der Waals surface area contributed by atoms with Crippen molar-refractivity contribution in [2.75, 3.05) is 5.32 Å². The molecular weight excluding hydrogens is 290 g/mol. The summed E-state index contributed by atoms with van der Waals surface area (Å²) >= 11 is 0. The number of nitrogens with one attached hydrogen (secondary N) is 1. The highest BCUT2D eigenvalue weighted by molar-refractivity contribution is 6.07. The second-order valence-corrected chi connectivity index (χ2v) is 6.11. The lowest BCUT2D eigenvalue weighted by Gasteiger charge is -2.14. The third kappa shape index (κ3) is 2.21. The first-order chi connectivity index (χ1) is 11.0. The van der Waals surface area contributed by atoms with Crippen LogP contribution in [0.15, 0.2) is 41.1 Å². The molecule has 3 aromatic rings. The molecule has 1 aliphatic heterocycles. The SMILES string of the molecule is CC1(C)C(=O)Nc2cc3oc(C=Cc4ccncc4)nc3cc21. The first kappa shape index (κ1) is 13.7. The Balaban J connectivity index is 1.73. The largest absolute Gasteiger partial charge is 0.437 e. The Bertz CT molecular complexity index is 940. The van der Waals surface area contributed by atoms with E-state index in [0.717, 1.165) is 22.3 Å².